The molecule has 0 nitrogen and oxygen atoms in total. The molecular formula is C23H35Hf-3. The summed E-state index contributed by atoms with van der Waals surface area (Å²) in [7, 11) is 0. The Balaban J connectivity index is 0.00000176. The van der Waals surface area contributed by atoms with Crippen LogP contribution in [0.15, 0.2) is 24.3 Å². The predicted octanol–water partition coefficient (Wildman–Crippen LogP) is 7.09. The van der Waals surface area contributed by atoms with Gasteiger partial charge in [0.05, 0.1) is 0 Å². The van der Waals surface area contributed by atoms with Gasteiger partial charge >= 0.3 is 0 Å². The zero-order valence-electron chi connectivity index (χ0n) is 16.5. The number of rotatable bonds is 6. The van der Waals surface area contributed by atoms with E-state index in [9.17, 15) is 0 Å². The molecule has 0 fully saturated rings. The topological polar surface area (TPSA) is 0 Å². The van der Waals surface area contributed by atoms with Crippen LogP contribution in [0.5, 0.6) is 0 Å². The second-order valence-corrected chi connectivity index (χ2v) is 7.75. The van der Waals surface area contributed by atoms with Crippen LogP contribution in [0.2, 0.25) is 0 Å². The van der Waals surface area contributed by atoms with Gasteiger partial charge in [-0.25, -0.2) is 0 Å². The fourth-order valence-corrected chi connectivity index (χ4v) is 3.96. The average molecular weight is 490 g/mol. The number of aryl methyl sites for hydroxylation is 1. The van der Waals surface area contributed by atoms with Crippen LogP contribution in [0.3, 0.4) is 0 Å². The van der Waals surface area contributed by atoms with Crippen molar-refractivity contribution in [2.75, 3.05) is 0 Å². The predicted molar refractivity (Wildman–Crippen MR) is 106 cm³/mol. The summed E-state index contributed by atoms with van der Waals surface area (Å²) in [6.45, 7) is 7.07. The molecule has 0 aromatic heterocycles. The van der Waals surface area contributed by atoms with Gasteiger partial charge in [-0.05, 0) is 18.3 Å². The largest absolute Gasteiger partial charge is 0.358 e. The van der Waals surface area contributed by atoms with Crippen molar-refractivity contribution >= 4 is 10.8 Å². The smallest absolute Gasteiger partial charge is 0 e. The number of hydrogen-bond acceptors (Lipinski definition) is 0. The third-order valence-electron chi connectivity index (χ3n) is 5.07. The third kappa shape index (κ3) is 5.35. The molecule has 1 aliphatic rings. The summed E-state index contributed by atoms with van der Waals surface area (Å²) >= 11 is 0. The van der Waals surface area contributed by atoms with E-state index in [4.69, 9.17) is 0 Å². The summed E-state index contributed by atoms with van der Waals surface area (Å²) in [6, 6.07) is 9.66. The fourth-order valence-electron chi connectivity index (χ4n) is 3.96. The van der Waals surface area contributed by atoms with Crippen LogP contribution in [0, 0.1) is 20.3 Å². The standard InChI is InChI=1S/C21H29.2CH3.Hf/c1-4-5-6-7-8-9-16-10-11-17-12-18-14-21(2,3)15-19(18)13-20(16)17;;;/h10-13H,4-9,14-15H2,1-3H3;2*1H3;/q3*-1;. The van der Waals surface area contributed by atoms with E-state index < -0.39 is 0 Å². The molecule has 1 aliphatic carbocycles. The summed E-state index contributed by atoms with van der Waals surface area (Å²) in [5, 5.41) is 3.00. The van der Waals surface area contributed by atoms with Crippen molar-refractivity contribution in [2.24, 2.45) is 5.41 Å². The molecule has 0 amide bonds. The van der Waals surface area contributed by atoms with Gasteiger partial charge in [0.15, 0.2) is 0 Å². The van der Waals surface area contributed by atoms with Crippen LogP contribution >= 0.6 is 0 Å². The number of unbranched alkanes of at least 4 members (excludes halogenated alkanes) is 4. The molecule has 0 heterocycles. The van der Waals surface area contributed by atoms with Crippen LogP contribution in [-0.4, -0.2) is 0 Å². The first-order valence-electron chi connectivity index (χ1n) is 8.79. The molecule has 2 aromatic carbocycles. The molecule has 0 aliphatic heterocycles. The van der Waals surface area contributed by atoms with E-state index in [0.717, 1.165) is 0 Å². The maximum Gasteiger partial charge on any atom is 0 e. The van der Waals surface area contributed by atoms with Gasteiger partial charge in [0, 0.05) is 25.8 Å². The quantitative estimate of drug-likeness (QED) is 0.231. The molecule has 0 atom stereocenters. The van der Waals surface area contributed by atoms with Crippen LogP contribution in [0.25, 0.3) is 10.8 Å². The minimum absolute atomic E-state index is 0. The van der Waals surface area contributed by atoms with E-state index >= 15 is 0 Å². The van der Waals surface area contributed by atoms with Gasteiger partial charge in [0.2, 0.25) is 0 Å². The van der Waals surface area contributed by atoms with E-state index in [1.54, 1.807) is 16.7 Å². The normalized spacial score (nSPS) is 14.5. The maximum absolute atomic E-state index is 2.50. The Hall–Kier alpha value is -0.300. The van der Waals surface area contributed by atoms with E-state index in [-0.39, 0.29) is 40.7 Å². The first-order valence-corrected chi connectivity index (χ1v) is 8.79. The first kappa shape index (κ1) is 23.7. The van der Waals surface area contributed by atoms with Crippen molar-refractivity contribution in [3.63, 3.8) is 0 Å². The van der Waals surface area contributed by atoms with Crippen LogP contribution in [0.1, 0.15) is 69.6 Å². The van der Waals surface area contributed by atoms with E-state index in [1.807, 2.05) is 0 Å². The Morgan fingerprint density at radius 1 is 0.958 bits per heavy atom. The van der Waals surface area contributed by atoms with Crippen molar-refractivity contribution in [3.05, 3.63) is 55.8 Å². The summed E-state index contributed by atoms with van der Waals surface area (Å²) in [5.74, 6) is 0. The van der Waals surface area contributed by atoms with Crippen molar-refractivity contribution in [3.8, 4) is 0 Å². The van der Waals surface area contributed by atoms with E-state index in [0.29, 0.717) is 5.41 Å². The first-order chi connectivity index (χ1) is 10.1. The van der Waals surface area contributed by atoms with Crippen LogP contribution < -0.4 is 0 Å². The SMILES string of the molecule is CCCCCCC[c-]1ccc2cc3c(cc21)CC(C)(C)C3.[CH3-].[CH3-].[Hf]. The van der Waals surface area contributed by atoms with Gasteiger partial charge in [-0.2, -0.15) is 6.07 Å². The van der Waals surface area contributed by atoms with Crippen molar-refractivity contribution in [2.45, 2.75) is 72.1 Å². The summed E-state index contributed by atoms with van der Waals surface area (Å²) in [6.07, 6.45) is 10.6. The average Bonchev–Trinajstić information content (AvgIpc) is 2.94. The summed E-state index contributed by atoms with van der Waals surface area (Å²) in [4.78, 5) is 0. The second-order valence-electron chi connectivity index (χ2n) is 7.75. The van der Waals surface area contributed by atoms with E-state index in [2.05, 4.69) is 45.0 Å². The molecule has 0 bridgehead atoms. The summed E-state index contributed by atoms with van der Waals surface area (Å²) < 4.78 is 0. The molecule has 134 valence electrons. The molecule has 0 saturated carbocycles. The third-order valence-corrected chi connectivity index (χ3v) is 5.07. The van der Waals surface area contributed by atoms with Crippen molar-refractivity contribution < 1.29 is 25.8 Å². The molecule has 3 rings (SSSR count). The molecular weight excluding hydrogens is 455 g/mol. The van der Waals surface area contributed by atoms with Gasteiger partial charge in [-0.3, -0.25) is 0 Å². The van der Waals surface area contributed by atoms with Gasteiger partial charge in [-0.1, -0.05) is 70.4 Å². The Kier molecular flexibility index (Phi) is 9.87. The Bertz CT molecular complexity index is 618. The number of benzene rings is 1. The van der Waals surface area contributed by atoms with Gasteiger partial charge < -0.3 is 14.9 Å². The molecule has 0 N–H and O–H groups in total. The monoisotopic (exact) mass is 491 g/mol. The van der Waals surface area contributed by atoms with E-state index in [1.165, 1.54) is 62.1 Å². The van der Waals surface area contributed by atoms with Crippen LogP contribution in [-0.2, 0) is 45.1 Å². The minimum atomic E-state index is 0. The number of fused-ring (bicyclic) bond motifs is 2. The van der Waals surface area contributed by atoms with Gasteiger partial charge in [0.25, 0.3) is 0 Å². The molecule has 0 radical (unpaired) electrons. The maximum atomic E-state index is 2.50. The fraction of sp³-hybridized carbons (Fsp3) is 0.522. The second kappa shape index (κ2) is 10.00. The molecule has 1 heteroatoms. The minimum Gasteiger partial charge on any atom is -0.358 e. The zero-order valence-corrected chi connectivity index (χ0v) is 20.1. The Morgan fingerprint density at radius 2 is 1.58 bits per heavy atom. The van der Waals surface area contributed by atoms with Crippen LogP contribution in [0.4, 0.5) is 0 Å². The molecule has 24 heavy (non-hydrogen) atoms. The van der Waals surface area contributed by atoms with Gasteiger partial charge in [-0.15, -0.1) is 34.5 Å². The number of hydrogen-bond donors (Lipinski definition) is 0. The van der Waals surface area contributed by atoms with Gasteiger partial charge in [0.1, 0.15) is 0 Å². The van der Waals surface area contributed by atoms with Crippen molar-refractivity contribution in [1.29, 1.82) is 0 Å². The van der Waals surface area contributed by atoms with Crippen molar-refractivity contribution in [1.82, 2.24) is 0 Å². The molecule has 2 aromatic rings. The molecule has 0 spiro atoms. The Morgan fingerprint density at radius 3 is 2.25 bits per heavy atom. The zero-order chi connectivity index (χ0) is 14.9. The Labute approximate surface area is 169 Å². The summed E-state index contributed by atoms with van der Waals surface area (Å²) in [5.41, 5.74) is 5.23. The molecule has 0 unspecified atom stereocenters. The molecule has 0 saturated heterocycles.